The monoisotopic (exact) mass is 256 g/mol. The van der Waals surface area contributed by atoms with E-state index in [2.05, 4.69) is 20.9 Å². The number of benzene rings is 1. The summed E-state index contributed by atoms with van der Waals surface area (Å²) in [5, 5.41) is 10.5. The van der Waals surface area contributed by atoms with Crippen LogP contribution < -0.4 is 0 Å². The quantitative estimate of drug-likeness (QED) is 0.360. The van der Waals surface area contributed by atoms with E-state index < -0.39 is 4.92 Å². The molecule has 0 aliphatic rings. The van der Waals surface area contributed by atoms with Gasteiger partial charge in [-0.3, -0.25) is 10.1 Å². The van der Waals surface area contributed by atoms with Crippen LogP contribution in [-0.2, 0) is 11.3 Å². The smallest absolute Gasteiger partial charge is 0.258 e. The van der Waals surface area contributed by atoms with Crippen LogP contribution in [-0.4, -0.2) is 11.0 Å². The maximum Gasteiger partial charge on any atom is 0.283 e. The first kappa shape index (κ1) is 10.6. The molecule has 0 amide bonds. The van der Waals surface area contributed by atoms with Crippen molar-refractivity contribution in [3.05, 3.63) is 38.3 Å². The average molecular weight is 257 g/mol. The minimum Gasteiger partial charge on any atom is -0.258 e. The number of halogens is 1. The lowest BCUT2D eigenvalue weighted by Crippen LogP contribution is -1.92. The van der Waals surface area contributed by atoms with Gasteiger partial charge < -0.3 is 0 Å². The van der Waals surface area contributed by atoms with E-state index in [0.29, 0.717) is 10.0 Å². The summed E-state index contributed by atoms with van der Waals surface area (Å²) in [4.78, 5) is 23.2. The lowest BCUT2D eigenvalue weighted by Gasteiger charge is -1.99. The molecule has 5 nitrogen and oxygen atoms in total. The van der Waals surface area contributed by atoms with Gasteiger partial charge >= 0.3 is 0 Å². The van der Waals surface area contributed by atoms with Gasteiger partial charge in [0.2, 0.25) is 6.08 Å². The highest BCUT2D eigenvalue weighted by molar-refractivity contribution is 9.10. The lowest BCUT2D eigenvalue weighted by molar-refractivity contribution is -0.385. The number of nitro benzene ring substituents is 1. The van der Waals surface area contributed by atoms with Crippen molar-refractivity contribution in [3.63, 3.8) is 0 Å². The van der Waals surface area contributed by atoms with Crippen LogP contribution in [0.1, 0.15) is 5.56 Å². The molecule has 1 aromatic rings. The second-order valence-electron chi connectivity index (χ2n) is 2.41. The van der Waals surface area contributed by atoms with Crippen molar-refractivity contribution < 1.29 is 9.72 Å². The molecular weight excluding hydrogens is 252 g/mol. The highest BCUT2D eigenvalue weighted by Crippen LogP contribution is 2.28. The summed E-state index contributed by atoms with van der Waals surface area (Å²) in [7, 11) is 0. The predicted octanol–water partition coefficient (Wildman–Crippen LogP) is 2.19. The molecule has 0 aliphatic heterocycles. The summed E-state index contributed by atoms with van der Waals surface area (Å²) in [5.74, 6) is 0. The van der Waals surface area contributed by atoms with Gasteiger partial charge in [-0.15, -0.1) is 0 Å². The second-order valence-corrected chi connectivity index (χ2v) is 3.21. The van der Waals surface area contributed by atoms with Crippen molar-refractivity contribution in [3.8, 4) is 0 Å². The topological polar surface area (TPSA) is 72.6 Å². The molecule has 0 saturated carbocycles. The zero-order valence-electron chi connectivity index (χ0n) is 6.94. The Morgan fingerprint density at radius 3 is 2.86 bits per heavy atom. The van der Waals surface area contributed by atoms with Crippen LogP contribution in [0.15, 0.2) is 27.7 Å². The molecule has 0 saturated heterocycles. The van der Waals surface area contributed by atoms with Crippen molar-refractivity contribution >= 4 is 27.7 Å². The van der Waals surface area contributed by atoms with Crippen LogP contribution in [0, 0.1) is 10.1 Å². The fourth-order valence-electron chi connectivity index (χ4n) is 0.947. The Kier molecular flexibility index (Phi) is 3.50. The van der Waals surface area contributed by atoms with E-state index in [0.717, 1.165) is 0 Å². The van der Waals surface area contributed by atoms with E-state index in [4.69, 9.17) is 0 Å². The van der Waals surface area contributed by atoms with Crippen LogP contribution in [0.3, 0.4) is 0 Å². The number of hydrogen-bond acceptors (Lipinski definition) is 4. The molecule has 0 fully saturated rings. The molecule has 0 unspecified atom stereocenters. The van der Waals surface area contributed by atoms with Gasteiger partial charge in [0.1, 0.15) is 4.47 Å². The van der Waals surface area contributed by atoms with Gasteiger partial charge in [0.05, 0.1) is 11.5 Å². The Morgan fingerprint density at radius 2 is 2.29 bits per heavy atom. The van der Waals surface area contributed by atoms with Crippen molar-refractivity contribution in [2.45, 2.75) is 6.54 Å². The molecular formula is C8H5BrN2O3. The van der Waals surface area contributed by atoms with Gasteiger partial charge in [-0.25, -0.2) is 9.79 Å². The fraction of sp³-hybridized carbons (Fsp3) is 0.125. The SMILES string of the molecule is O=C=NCc1cccc([N+](=O)[O-])c1Br. The molecule has 0 atom stereocenters. The van der Waals surface area contributed by atoms with E-state index in [1.165, 1.54) is 12.1 Å². The zero-order valence-corrected chi connectivity index (χ0v) is 8.52. The summed E-state index contributed by atoms with van der Waals surface area (Å²) >= 11 is 3.08. The largest absolute Gasteiger partial charge is 0.283 e. The van der Waals surface area contributed by atoms with E-state index in [1.807, 2.05) is 0 Å². The molecule has 0 N–H and O–H groups in total. The first-order chi connectivity index (χ1) is 6.66. The van der Waals surface area contributed by atoms with Crippen molar-refractivity contribution in [2.75, 3.05) is 0 Å². The highest BCUT2D eigenvalue weighted by atomic mass is 79.9. The van der Waals surface area contributed by atoms with Crippen LogP contribution in [0.25, 0.3) is 0 Å². The van der Waals surface area contributed by atoms with Crippen molar-refractivity contribution in [2.24, 2.45) is 4.99 Å². The summed E-state index contributed by atoms with van der Waals surface area (Å²) in [6.45, 7) is 0.0891. The molecule has 0 radical (unpaired) electrons. The van der Waals surface area contributed by atoms with Gasteiger partial charge in [0, 0.05) is 6.07 Å². The van der Waals surface area contributed by atoms with Crippen LogP contribution in [0.2, 0.25) is 0 Å². The Balaban J connectivity index is 3.13. The second kappa shape index (κ2) is 4.64. The number of nitrogens with zero attached hydrogens (tertiary/aromatic N) is 2. The Morgan fingerprint density at radius 1 is 1.57 bits per heavy atom. The molecule has 14 heavy (non-hydrogen) atoms. The Hall–Kier alpha value is -1.52. The molecule has 0 spiro atoms. The maximum atomic E-state index is 10.5. The minimum absolute atomic E-state index is 0.0383. The number of isocyanates is 1. The van der Waals surface area contributed by atoms with E-state index in [9.17, 15) is 14.9 Å². The van der Waals surface area contributed by atoms with Gasteiger partial charge in [-0.2, -0.15) is 0 Å². The van der Waals surface area contributed by atoms with Gasteiger partial charge in [0.15, 0.2) is 0 Å². The van der Waals surface area contributed by atoms with Crippen LogP contribution in [0.4, 0.5) is 5.69 Å². The summed E-state index contributed by atoms with van der Waals surface area (Å²) in [5.41, 5.74) is 0.547. The maximum absolute atomic E-state index is 10.5. The summed E-state index contributed by atoms with van der Waals surface area (Å²) < 4.78 is 0.351. The molecule has 72 valence electrons. The van der Waals surface area contributed by atoms with Gasteiger partial charge in [-0.1, -0.05) is 12.1 Å². The normalized spacial score (nSPS) is 9.21. The molecule has 0 aliphatic carbocycles. The molecule has 6 heteroatoms. The third-order valence-corrected chi connectivity index (χ3v) is 2.48. The Labute approximate surface area is 87.7 Å². The highest BCUT2D eigenvalue weighted by Gasteiger charge is 2.13. The zero-order chi connectivity index (χ0) is 10.6. The summed E-state index contributed by atoms with van der Waals surface area (Å²) in [6, 6.07) is 4.56. The first-order valence-electron chi connectivity index (χ1n) is 3.62. The third-order valence-electron chi connectivity index (χ3n) is 1.57. The fourth-order valence-corrected chi connectivity index (χ4v) is 1.48. The van der Waals surface area contributed by atoms with Crippen molar-refractivity contribution in [1.29, 1.82) is 0 Å². The molecule has 1 aromatic carbocycles. The van der Waals surface area contributed by atoms with Crippen LogP contribution in [0.5, 0.6) is 0 Å². The number of nitro groups is 1. The molecule has 0 aromatic heterocycles. The average Bonchev–Trinajstić information content (AvgIpc) is 2.16. The third kappa shape index (κ3) is 2.25. The molecule has 0 heterocycles. The van der Waals surface area contributed by atoms with E-state index >= 15 is 0 Å². The van der Waals surface area contributed by atoms with E-state index in [-0.39, 0.29) is 12.2 Å². The van der Waals surface area contributed by atoms with Gasteiger partial charge in [0.25, 0.3) is 5.69 Å². The minimum atomic E-state index is -0.502. The lowest BCUT2D eigenvalue weighted by atomic mass is 10.2. The number of carbonyl (C=O) groups excluding carboxylic acids is 1. The predicted molar refractivity (Wildman–Crippen MR) is 52.6 cm³/mol. The molecule has 0 bridgehead atoms. The standard InChI is InChI=1S/C8H5BrN2O3/c9-8-6(4-10-5-12)2-1-3-7(8)11(13)14/h1-3H,4H2. The number of rotatable bonds is 3. The Bertz CT molecular complexity index is 413. The van der Waals surface area contributed by atoms with E-state index in [1.54, 1.807) is 12.1 Å². The summed E-state index contributed by atoms with van der Waals surface area (Å²) in [6.07, 6.45) is 1.38. The van der Waals surface area contributed by atoms with Gasteiger partial charge in [-0.05, 0) is 21.5 Å². The van der Waals surface area contributed by atoms with Crippen LogP contribution >= 0.6 is 15.9 Å². The first-order valence-corrected chi connectivity index (χ1v) is 4.41. The molecule has 1 rings (SSSR count). The number of hydrogen-bond donors (Lipinski definition) is 0. The van der Waals surface area contributed by atoms with Crippen molar-refractivity contribution in [1.82, 2.24) is 0 Å². The number of aliphatic imine (C=N–C) groups is 1.